The maximum Gasteiger partial charge on any atom is 0.534 e. The zero-order valence-electron chi connectivity index (χ0n) is 31.7. The Bertz CT molecular complexity index is 1950. The molecule has 0 amide bonds. The summed E-state index contributed by atoms with van der Waals surface area (Å²) < 4.78 is 95.6. The molecule has 56 heavy (non-hydrogen) atoms. The largest absolute Gasteiger partial charge is 0.534 e. The molecule has 1 N–H and O–H groups in total. The van der Waals surface area contributed by atoms with Gasteiger partial charge in [0.05, 0.1) is 36.6 Å². The first kappa shape index (κ1) is 45.7. The molecular weight excluding hydrogens is 769 g/mol. The lowest BCUT2D eigenvalue weighted by atomic mass is 9.75. The van der Waals surface area contributed by atoms with Crippen molar-refractivity contribution < 1.29 is 73.5 Å². The van der Waals surface area contributed by atoms with Gasteiger partial charge in [-0.15, -0.1) is 0 Å². The molecule has 0 saturated carbocycles. The number of nitrogens with zero attached hydrogens (tertiary/aromatic N) is 1. The van der Waals surface area contributed by atoms with Crippen LogP contribution < -0.4 is 29.3 Å². The van der Waals surface area contributed by atoms with E-state index in [0.29, 0.717) is 46.8 Å². The van der Waals surface area contributed by atoms with Crippen LogP contribution in [0, 0.1) is 10.1 Å². The molecule has 0 bridgehead atoms. The molecule has 2 heterocycles. The average Bonchev–Trinajstić information content (AvgIpc) is 3.54. The van der Waals surface area contributed by atoms with Gasteiger partial charge in [0.15, 0.2) is 17.8 Å². The number of benzene rings is 3. The van der Waals surface area contributed by atoms with Gasteiger partial charge in [-0.2, -0.15) is 21.6 Å². The van der Waals surface area contributed by atoms with Crippen molar-refractivity contribution in [1.29, 1.82) is 0 Å². The second kappa shape index (κ2) is 19.0. The third-order valence-electron chi connectivity index (χ3n) is 8.53. The van der Waals surface area contributed by atoms with E-state index in [1.165, 1.54) is 19.1 Å². The highest BCUT2D eigenvalue weighted by atomic mass is 32.2. The Labute approximate surface area is 322 Å². The normalized spacial score (nSPS) is 16.7. The van der Waals surface area contributed by atoms with E-state index < -0.39 is 57.8 Å². The van der Waals surface area contributed by atoms with Crippen molar-refractivity contribution in [2.45, 2.75) is 71.3 Å². The summed E-state index contributed by atoms with van der Waals surface area (Å²) in [4.78, 5) is 32.0. The molecule has 3 aromatic carbocycles. The molecule has 15 nitrogen and oxygen atoms in total. The minimum absolute atomic E-state index is 0.0603. The van der Waals surface area contributed by atoms with E-state index in [2.05, 4.69) is 4.18 Å². The Kier molecular flexibility index (Phi) is 15.5. The van der Waals surface area contributed by atoms with Gasteiger partial charge >= 0.3 is 29.9 Å². The molecule has 0 spiro atoms. The van der Waals surface area contributed by atoms with Crippen LogP contribution in [0.3, 0.4) is 0 Å². The molecular formula is C35H42B2F3NO14S. The van der Waals surface area contributed by atoms with Crippen molar-refractivity contribution >= 4 is 47.9 Å². The Morgan fingerprint density at radius 3 is 1.77 bits per heavy atom. The fraction of sp³-hybridized carbons (Fsp3) is 0.429. The summed E-state index contributed by atoms with van der Waals surface area (Å²) in [6.45, 7) is 13.9. The zero-order valence-corrected chi connectivity index (χ0v) is 32.5. The number of rotatable bonds is 13. The topological polar surface area (TPSA) is 196 Å². The number of carbonyl (C=O) groups is 2. The number of nitro groups is 1. The summed E-state index contributed by atoms with van der Waals surface area (Å²) in [6, 6.07) is 14.1. The first-order valence-corrected chi connectivity index (χ1v) is 18.6. The number of carbonyl (C=O) groups excluding carboxylic acids is 2. The molecule has 2 aliphatic heterocycles. The molecule has 304 valence electrons. The number of ether oxygens (including phenoxy) is 3. The number of para-hydroxylation sites is 1. The van der Waals surface area contributed by atoms with Crippen LogP contribution in [0.5, 0.6) is 23.0 Å². The Balaban J connectivity index is 0.000000226. The number of hydrogen-bond donors (Lipinski definition) is 1. The van der Waals surface area contributed by atoms with Gasteiger partial charge in [-0.25, -0.2) is 0 Å². The lowest BCUT2D eigenvalue weighted by Gasteiger charge is -2.32. The van der Waals surface area contributed by atoms with E-state index in [1.807, 2.05) is 47.6 Å². The zero-order chi connectivity index (χ0) is 42.1. The summed E-state index contributed by atoms with van der Waals surface area (Å²) >= 11 is 0. The third-order valence-corrected chi connectivity index (χ3v) is 9.48. The molecule has 1 saturated heterocycles. The van der Waals surface area contributed by atoms with Crippen molar-refractivity contribution in [3.8, 4) is 23.0 Å². The predicted octanol–water partition coefficient (Wildman–Crippen LogP) is 4.44. The smallest absolute Gasteiger partial charge is 0.494 e. The molecule has 0 aliphatic carbocycles. The highest BCUT2D eigenvalue weighted by molar-refractivity contribution is 7.88. The van der Waals surface area contributed by atoms with Crippen molar-refractivity contribution in [2.24, 2.45) is 0 Å². The van der Waals surface area contributed by atoms with Crippen molar-refractivity contribution in [3.05, 3.63) is 81.4 Å². The van der Waals surface area contributed by atoms with Crippen molar-refractivity contribution in [3.63, 3.8) is 0 Å². The fourth-order valence-electron chi connectivity index (χ4n) is 5.26. The Morgan fingerprint density at radius 1 is 0.821 bits per heavy atom. The minimum Gasteiger partial charge on any atom is -0.494 e. The molecule has 1 unspecified atom stereocenters. The second-order valence-corrected chi connectivity index (χ2v) is 14.3. The molecule has 1 fully saturated rings. The van der Waals surface area contributed by atoms with Gasteiger partial charge in [0.1, 0.15) is 23.9 Å². The van der Waals surface area contributed by atoms with Gasteiger partial charge in [0.25, 0.3) is 0 Å². The standard InChI is InChI=1S/C15H21BO4.C10H12BNO5.C10H9F3O5S/c1-6-18-12-9-7-8-11(10-17)13(12)16-19-14(2,3)15(4,5)20-16;1-2-16-8-5-3-4-7-9(6-12(14)15)17-11(13)10(7)8;1-2-17-8-5-3-4-7(6-14)9(8)18-19(15,16)10(11,12)13/h7-10H,6H2,1-5H3;3-5,9,13H,2,6H2,1H3;3-6H,2H2,1H3. The van der Waals surface area contributed by atoms with Crippen LogP contribution in [0.4, 0.5) is 13.2 Å². The minimum atomic E-state index is -5.86. The molecule has 5 rings (SSSR count). The van der Waals surface area contributed by atoms with E-state index in [4.69, 9.17) is 28.2 Å². The summed E-state index contributed by atoms with van der Waals surface area (Å²) in [5.74, 6) is 0.107. The number of alkyl halides is 3. The summed E-state index contributed by atoms with van der Waals surface area (Å²) in [5.41, 5.74) is -4.52. The average molecular weight is 811 g/mol. The molecule has 1 atom stereocenters. The first-order valence-electron chi connectivity index (χ1n) is 17.2. The van der Waals surface area contributed by atoms with Gasteiger partial charge in [0.2, 0.25) is 6.54 Å². The maximum absolute atomic E-state index is 12.2. The van der Waals surface area contributed by atoms with E-state index in [0.717, 1.165) is 12.4 Å². The molecule has 0 radical (unpaired) electrons. The van der Waals surface area contributed by atoms with Crippen LogP contribution >= 0.6 is 0 Å². The first-order chi connectivity index (χ1) is 26.2. The number of aldehydes is 2. The van der Waals surface area contributed by atoms with Gasteiger partial charge in [-0.1, -0.05) is 30.3 Å². The highest BCUT2D eigenvalue weighted by Gasteiger charge is 2.53. The fourth-order valence-corrected chi connectivity index (χ4v) is 5.75. The van der Waals surface area contributed by atoms with Crippen LogP contribution in [-0.4, -0.2) is 88.3 Å². The van der Waals surface area contributed by atoms with E-state index in [-0.39, 0.29) is 30.8 Å². The maximum atomic E-state index is 12.2. The van der Waals surface area contributed by atoms with E-state index in [1.54, 1.807) is 30.3 Å². The highest BCUT2D eigenvalue weighted by Crippen LogP contribution is 2.38. The van der Waals surface area contributed by atoms with Crippen LogP contribution in [-0.2, 0) is 24.1 Å². The lowest BCUT2D eigenvalue weighted by molar-refractivity contribution is -0.490. The van der Waals surface area contributed by atoms with Crippen LogP contribution in [0.1, 0.15) is 80.8 Å². The second-order valence-electron chi connectivity index (χ2n) is 12.8. The quantitative estimate of drug-likeness (QED) is 0.0635. The number of halogens is 3. The monoisotopic (exact) mass is 811 g/mol. The van der Waals surface area contributed by atoms with E-state index >= 15 is 0 Å². The predicted molar refractivity (Wildman–Crippen MR) is 198 cm³/mol. The van der Waals surface area contributed by atoms with E-state index in [9.17, 15) is 46.3 Å². The molecule has 2 aliphatic rings. The van der Waals surface area contributed by atoms with Crippen LogP contribution in [0.25, 0.3) is 0 Å². The van der Waals surface area contributed by atoms with Crippen LogP contribution in [0.2, 0.25) is 0 Å². The SMILES string of the molecule is CCOc1cccc(C=O)c1B1OC(C)(C)C(C)(C)O1.CCOc1cccc(C=O)c1OS(=O)(=O)C(F)(F)F.CCOc1cccc2c1B(O)OC2C[N+](=O)[O-]. The third kappa shape index (κ3) is 10.8. The Hall–Kier alpha value is -4.69. The van der Waals surface area contributed by atoms with Crippen LogP contribution in [0.15, 0.2) is 54.6 Å². The Morgan fingerprint density at radius 2 is 1.29 bits per heavy atom. The number of hydrogen-bond acceptors (Lipinski definition) is 14. The van der Waals surface area contributed by atoms with Crippen molar-refractivity contribution in [1.82, 2.24) is 0 Å². The van der Waals surface area contributed by atoms with Gasteiger partial charge in [-0.05, 0) is 78.3 Å². The van der Waals surface area contributed by atoms with Gasteiger partial charge in [0, 0.05) is 21.4 Å². The molecule has 3 aromatic rings. The summed E-state index contributed by atoms with van der Waals surface area (Å²) in [7, 11) is -7.61. The number of fused-ring (bicyclic) bond motifs is 1. The summed E-state index contributed by atoms with van der Waals surface area (Å²) in [6.07, 6.45) is 0.266. The molecule has 0 aromatic heterocycles. The molecule has 21 heteroatoms. The van der Waals surface area contributed by atoms with Gasteiger partial charge < -0.3 is 37.4 Å². The van der Waals surface area contributed by atoms with Crippen molar-refractivity contribution in [2.75, 3.05) is 26.4 Å². The van der Waals surface area contributed by atoms with Gasteiger partial charge in [-0.3, -0.25) is 19.7 Å². The summed E-state index contributed by atoms with van der Waals surface area (Å²) in [5, 5.41) is 20.2. The lowest BCUT2D eigenvalue weighted by Crippen LogP contribution is -2.41.